The van der Waals surface area contributed by atoms with Crippen molar-refractivity contribution in [2.24, 2.45) is 0 Å². The number of hydrogen-bond donors (Lipinski definition) is 2. The molecule has 4 aromatic rings. The summed E-state index contributed by atoms with van der Waals surface area (Å²) in [6.45, 7) is -0.0528. The summed E-state index contributed by atoms with van der Waals surface area (Å²) in [4.78, 5) is 10.5. The summed E-state index contributed by atoms with van der Waals surface area (Å²) in [7, 11) is 0. The summed E-state index contributed by atoms with van der Waals surface area (Å²) in [5.41, 5.74) is 2.03. The van der Waals surface area contributed by atoms with Gasteiger partial charge in [-0.2, -0.15) is 0 Å². The lowest BCUT2D eigenvalue weighted by Crippen LogP contribution is -2.15. The minimum Gasteiger partial charge on any atom is -0.394 e. The zero-order chi connectivity index (χ0) is 17.9. The third kappa shape index (κ3) is 3.17. The quantitative estimate of drug-likeness (QED) is 0.501. The fraction of sp³-hybridized carbons (Fsp3) is 0.100. The molecule has 2 N–H and O–H groups in total. The average Bonchev–Trinajstić information content (AvgIpc) is 3.05. The van der Waals surface area contributed by atoms with Crippen LogP contribution in [0.4, 0.5) is 5.82 Å². The lowest BCUT2D eigenvalue weighted by molar-refractivity contribution is 0.276. The topological polar surface area (TPSA) is 58.0 Å². The van der Waals surface area contributed by atoms with E-state index in [1.54, 1.807) is 0 Å². The second-order valence-corrected chi connectivity index (χ2v) is 7.18. The van der Waals surface area contributed by atoms with E-state index < -0.39 is 0 Å². The lowest BCUT2D eigenvalue weighted by atomic mass is 10.1. The average molecular weight is 382 g/mol. The molecular weight excluding hydrogens is 366 g/mol. The molecule has 130 valence electrons. The van der Waals surface area contributed by atoms with Crippen LogP contribution in [0.25, 0.3) is 20.7 Å². The SMILES string of the molecule is OC[C@@H](Nc1ncnc2sc(-c3ccccc3)c(Cl)c12)c1ccccc1. The first-order valence-electron chi connectivity index (χ1n) is 8.18. The number of nitrogens with one attached hydrogen (secondary N) is 1. The molecule has 0 bridgehead atoms. The van der Waals surface area contributed by atoms with Crippen molar-refractivity contribution < 1.29 is 5.11 Å². The molecule has 0 unspecified atom stereocenters. The summed E-state index contributed by atoms with van der Waals surface area (Å²) in [6.07, 6.45) is 1.52. The molecule has 0 saturated heterocycles. The Bertz CT molecular complexity index is 1020. The number of thiophene rings is 1. The van der Waals surface area contributed by atoms with Crippen LogP contribution in [0.3, 0.4) is 0 Å². The van der Waals surface area contributed by atoms with Crippen LogP contribution >= 0.6 is 22.9 Å². The number of fused-ring (bicyclic) bond motifs is 1. The lowest BCUT2D eigenvalue weighted by Gasteiger charge is -2.17. The number of anilines is 1. The van der Waals surface area contributed by atoms with Gasteiger partial charge in [-0.25, -0.2) is 9.97 Å². The van der Waals surface area contributed by atoms with E-state index >= 15 is 0 Å². The van der Waals surface area contributed by atoms with Crippen molar-refractivity contribution in [3.8, 4) is 10.4 Å². The Morgan fingerprint density at radius 1 is 1.00 bits per heavy atom. The predicted octanol–water partition coefficient (Wildman–Crippen LogP) is 5.16. The predicted molar refractivity (Wildman–Crippen MR) is 108 cm³/mol. The number of rotatable bonds is 5. The molecular formula is C20H16ClN3OS. The normalized spacial score (nSPS) is 12.2. The van der Waals surface area contributed by atoms with E-state index in [1.807, 2.05) is 60.7 Å². The van der Waals surface area contributed by atoms with Crippen molar-refractivity contribution in [2.75, 3.05) is 11.9 Å². The highest BCUT2D eigenvalue weighted by Crippen LogP contribution is 2.43. The maximum absolute atomic E-state index is 9.83. The van der Waals surface area contributed by atoms with Gasteiger partial charge in [-0.3, -0.25) is 0 Å². The number of hydrogen-bond acceptors (Lipinski definition) is 5. The molecule has 2 aromatic heterocycles. The third-order valence-corrected chi connectivity index (χ3v) is 5.80. The number of aromatic nitrogens is 2. The Morgan fingerprint density at radius 3 is 2.38 bits per heavy atom. The summed E-state index contributed by atoms with van der Waals surface area (Å²) in [5.74, 6) is 0.626. The fourth-order valence-corrected chi connectivity index (χ4v) is 4.37. The molecule has 26 heavy (non-hydrogen) atoms. The van der Waals surface area contributed by atoms with E-state index in [2.05, 4.69) is 15.3 Å². The Kier molecular flexibility index (Phi) is 4.84. The number of nitrogens with zero attached hydrogens (tertiary/aromatic N) is 2. The van der Waals surface area contributed by atoms with Crippen LogP contribution < -0.4 is 5.32 Å². The van der Waals surface area contributed by atoms with Gasteiger partial charge < -0.3 is 10.4 Å². The van der Waals surface area contributed by atoms with E-state index in [1.165, 1.54) is 17.7 Å². The Hall–Kier alpha value is -2.47. The Morgan fingerprint density at radius 2 is 1.69 bits per heavy atom. The van der Waals surface area contributed by atoms with Crippen LogP contribution in [0.15, 0.2) is 67.0 Å². The highest BCUT2D eigenvalue weighted by atomic mass is 35.5. The number of benzene rings is 2. The van der Waals surface area contributed by atoms with Gasteiger partial charge in [0, 0.05) is 0 Å². The molecule has 4 nitrogen and oxygen atoms in total. The van der Waals surface area contributed by atoms with Gasteiger partial charge in [-0.15, -0.1) is 11.3 Å². The zero-order valence-corrected chi connectivity index (χ0v) is 15.3. The molecule has 2 heterocycles. The first-order chi connectivity index (χ1) is 12.8. The first-order valence-corrected chi connectivity index (χ1v) is 9.38. The molecule has 0 spiro atoms. The second-order valence-electron chi connectivity index (χ2n) is 5.80. The molecule has 0 saturated carbocycles. The van der Waals surface area contributed by atoms with Gasteiger partial charge >= 0.3 is 0 Å². The van der Waals surface area contributed by atoms with Crippen LogP contribution in [-0.2, 0) is 0 Å². The highest BCUT2D eigenvalue weighted by Gasteiger charge is 2.19. The minimum atomic E-state index is -0.273. The second kappa shape index (κ2) is 7.41. The molecule has 0 fully saturated rings. The molecule has 2 aromatic carbocycles. The maximum Gasteiger partial charge on any atom is 0.140 e. The van der Waals surface area contributed by atoms with Gasteiger partial charge in [-0.05, 0) is 11.1 Å². The van der Waals surface area contributed by atoms with E-state index in [0.29, 0.717) is 10.8 Å². The molecule has 0 aliphatic rings. The molecule has 0 aliphatic heterocycles. The van der Waals surface area contributed by atoms with Crippen LogP contribution in [-0.4, -0.2) is 21.7 Å². The van der Waals surface area contributed by atoms with Crippen molar-refractivity contribution in [1.82, 2.24) is 9.97 Å². The van der Waals surface area contributed by atoms with E-state index in [-0.39, 0.29) is 12.6 Å². The molecule has 4 rings (SSSR count). The summed E-state index contributed by atoms with van der Waals surface area (Å²) >= 11 is 8.23. The summed E-state index contributed by atoms with van der Waals surface area (Å²) in [6, 6.07) is 19.5. The number of aliphatic hydroxyl groups excluding tert-OH is 1. The molecule has 1 atom stereocenters. The van der Waals surface area contributed by atoms with Gasteiger partial charge in [-0.1, -0.05) is 72.3 Å². The van der Waals surface area contributed by atoms with Gasteiger partial charge in [0.2, 0.25) is 0 Å². The largest absolute Gasteiger partial charge is 0.394 e. The van der Waals surface area contributed by atoms with Gasteiger partial charge in [0.05, 0.1) is 27.9 Å². The van der Waals surface area contributed by atoms with Crippen molar-refractivity contribution in [2.45, 2.75) is 6.04 Å². The van der Waals surface area contributed by atoms with Gasteiger partial charge in [0.1, 0.15) is 17.0 Å². The fourth-order valence-electron chi connectivity index (χ4n) is 2.87. The van der Waals surface area contributed by atoms with Crippen LogP contribution in [0.2, 0.25) is 5.02 Å². The van der Waals surface area contributed by atoms with Gasteiger partial charge in [0.25, 0.3) is 0 Å². The minimum absolute atomic E-state index is 0.0528. The van der Waals surface area contributed by atoms with Crippen LogP contribution in [0.1, 0.15) is 11.6 Å². The Labute approximate surface area is 160 Å². The van der Waals surface area contributed by atoms with Crippen LogP contribution in [0, 0.1) is 0 Å². The van der Waals surface area contributed by atoms with Crippen LogP contribution in [0.5, 0.6) is 0 Å². The third-order valence-electron chi connectivity index (χ3n) is 4.16. The molecule has 0 amide bonds. The van der Waals surface area contributed by atoms with Crippen molar-refractivity contribution in [3.63, 3.8) is 0 Å². The molecule has 0 radical (unpaired) electrons. The first kappa shape index (κ1) is 17.0. The van der Waals surface area contributed by atoms with Crippen molar-refractivity contribution in [3.05, 3.63) is 77.6 Å². The summed E-state index contributed by atoms with van der Waals surface area (Å²) in [5, 5.41) is 14.6. The smallest absolute Gasteiger partial charge is 0.140 e. The summed E-state index contributed by atoms with van der Waals surface area (Å²) < 4.78 is 0. The molecule has 0 aliphatic carbocycles. The van der Waals surface area contributed by atoms with E-state index in [4.69, 9.17) is 11.6 Å². The monoisotopic (exact) mass is 381 g/mol. The van der Waals surface area contributed by atoms with Crippen molar-refractivity contribution >= 4 is 39.0 Å². The highest BCUT2D eigenvalue weighted by molar-refractivity contribution is 7.22. The Balaban J connectivity index is 1.77. The van der Waals surface area contributed by atoms with Gasteiger partial charge in [0.15, 0.2) is 0 Å². The van der Waals surface area contributed by atoms with E-state index in [0.717, 1.165) is 26.2 Å². The van der Waals surface area contributed by atoms with E-state index in [9.17, 15) is 5.11 Å². The maximum atomic E-state index is 9.83. The number of halogens is 1. The molecule has 6 heteroatoms. The number of aliphatic hydroxyl groups is 1. The van der Waals surface area contributed by atoms with Crippen molar-refractivity contribution in [1.29, 1.82) is 0 Å². The standard InChI is InChI=1S/C20H16ClN3OS/c21-17-16-19(24-15(11-25)13-7-3-1-4-8-13)22-12-23-20(16)26-18(17)14-9-5-2-6-10-14/h1-10,12,15,25H,11H2,(H,22,23,24)/t15-/m1/s1. The zero-order valence-electron chi connectivity index (χ0n) is 13.8.